The molecule has 0 atom stereocenters. The Labute approximate surface area is 193 Å². The molecule has 0 amide bonds. The molecule has 1 fully saturated rings. The van der Waals surface area contributed by atoms with Gasteiger partial charge in [-0.1, -0.05) is 23.2 Å². The quantitative estimate of drug-likeness (QED) is 0.342. The molecule has 3 aromatic rings. The van der Waals surface area contributed by atoms with Crippen LogP contribution in [0, 0.1) is 10.1 Å². The lowest BCUT2D eigenvalue weighted by atomic mass is 10.1. The second kappa shape index (κ2) is 8.74. The molecular weight excluding hydrogens is 481 g/mol. The first-order chi connectivity index (χ1) is 14.7. The van der Waals surface area contributed by atoms with Crippen LogP contribution in [-0.2, 0) is 9.84 Å². The van der Waals surface area contributed by atoms with E-state index >= 15 is 0 Å². The number of aromatic nitrogens is 1. The minimum atomic E-state index is -3.55. The maximum Gasteiger partial charge on any atom is 0.269 e. The van der Waals surface area contributed by atoms with Gasteiger partial charge in [0.15, 0.2) is 15.0 Å². The Bertz CT molecular complexity index is 1200. The summed E-state index contributed by atoms with van der Waals surface area (Å²) in [5.74, 6) is 0. The molecule has 1 saturated heterocycles. The van der Waals surface area contributed by atoms with Crippen molar-refractivity contribution in [1.82, 2.24) is 4.98 Å². The smallest absolute Gasteiger partial charge is 0.269 e. The number of rotatable bonds is 5. The molecule has 1 aromatic heterocycles. The van der Waals surface area contributed by atoms with Gasteiger partial charge in [0.25, 0.3) is 5.69 Å². The van der Waals surface area contributed by atoms with Crippen LogP contribution in [0.5, 0.6) is 0 Å². The standard InChI is InChI=1S/C20H17Cl2N3O4S2/c21-14-9-13(10-15(22)11-14)19-12-30-20(23-19)24-7-5-18(6-8-24)31(28,29)17-3-1-16(2-4-17)25(26)27/h1-4,9-12,18H,5-8H2. The zero-order chi connectivity index (χ0) is 22.2. The molecule has 7 nitrogen and oxygen atoms in total. The molecule has 0 unspecified atom stereocenters. The van der Waals surface area contributed by atoms with Crippen molar-refractivity contribution < 1.29 is 13.3 Å². The first kappa shape index (κ1) is 22.0. The van der Waals surface area contributed by atoms with E-state index in [1.807, 2.05) is 5.38 Å². The summed E-state index contributed by atoms with van der Waals surface area (Å²) in [6.07, 6.45) is 0.911. The molecule has 31 heavy (non-hydrogen) atoms. The molecule has 0 saturated carbocycles. The molecule has 0 bridgehead atoms. The van der Waals surface area contributed by atoms with E-state index in [-0.39, 0.29) is 10.6 Å². The van der Waals surface area contributed by atoms with Crippen molar-refractivity contribution in [2.75, 3.05) is 18.0 Å². The second-order valence-electron chi connectivity index (χ2n) is 7.16. The van der Waals surface area contributed by atoms with Gasteiger partial charge in [-0.15, -0.1) is 11.3 Å². The summed E-state index contributed by atoms with van der Waals surface area (Å²) < 4.78 is 25.9. The van der Waals surface area contributed by atoms with Gasteiger partial charge < -0.3 is 4.90 Å². The third-order valence-electron chi connectivity index (χ3n) is 5.18. The average Bonchev–Trinajstić information content (AvgIpc) is 3.23. The summed E-state index contributed by atoms with van der Waals surface area (Å²) in [6, 6.07) is 10.3. The lowest BCUT2D eigenvalue weighted by Crippen LogP contribution is -2.39. The van der Waals surface area contributed by atoms with Gasteiger partial charge in [0.2, 0.25) is 0 Å². The highest BCUT2D eigenvalue weighted by Crippen LogP contribution is 2.33. The van der Waals surface area contributed by atoms with Gasteiger partial charge in [0, 0.05) is 46.2 Å². The lowest BCUT2D eigenvalue weighted by Gasteiger charge is -2.31. The zero-order valence-electron chi connectivity index (χ0n) is 16.1. The van der Waals surface area contributed by atoms with Crippen LogP contribution < -0.4 is 4.90 Å². The number of piperidine rings is 1. The zero-order valence-corrected chi connectivity index (χ0v) is 19.2. The predicted octanol–water partition coefficient (Wildman–Crippen LogP) is 5.47. The van der Waals surface area contributed by atoms with Crippen molar-refractivity contribution in [1.29, 1.82) is 0 Å². The van der Waals surface area contributed by atoms with Gasteiger partial charge in [0.05, 0.1) is 20.8 Å². The molecule has 4 rings (SSSR count). The van der Waals surface area contributed by atoms with Crippen LogP contribution in [-0.4, -0.2) is 36.7 Å². The molecule has 2 aromatic carbocycles. The number of benzene rings is 2. The Hall–Kier alpha value is -2.20. The monoisotopic (exact) mass is 497 g/mol. The van der Waals surface area contributed by atoms with Gasteiger partial charge in [-0.25, -0.2) is 13.4 Å². The maximum absolute atomic E-state index is 12.9. The fourth-order valence-corrected chi connectivity index (χ4v) is 6.70. The predicted molar refractivity (Wildman–Crippen MR) is 123 cm³/mol. The molecular formula is C20H17Cl2N3O4S2. The largest absolute Gasteiger partial charge is 0.348 e. The summed E-state index contributed by atoms with van der Waals surface area (Å²) in [7, 11) is -3.55. The normalized spacial score (nSPS) is 15.2. The molecule has 11 heteroatoms. The van der Waals surface area contributed by atoms with Crippen LogP contribution in [0.15, 0.2) is 52.7 Å². The van der Waals surface area contributed by atoms with E-state index in [2.05, 4.69) is 9.88 Å². The topological polar surface area (TPSA) is 93.4 Å². The molecule has 0 radical (unpaired) electrons. The van der Waals surface area contributed by atoms with Crippen LogP contribution in [0.2, 0.25) is 10.0 Å². The number of nitro benzene ring substituents is 1. The van der Waals surface area contributed by atoms with Crippen molar-refractivity contribution in [3.63, 3.8) is 0 Å². The highest BCUT2D eigenvalue weighted by Gasteiger charge is 2.32. The van der Waals surface area contributed by atoms with Crippen molar-refractivity contribution in [2.24, 2.45) is 0 Å². The van der Waals surface area contributed by atoms with Gasteiger partial charge in [-0.2, -0.15) is 0 Å². The third-order valence-corrected chi connectivity index (χ3v) is 8.79. The Morgan fingerprint density at radius 1 is 1.06 bits per heavy atom. The Morgan fingerprint density at radius 2 is 1.68 bits per heavy atom. The summed E-state index contributed by atoms with van der Waals surface area (Å²) >= 11 is 13.6. The SMILES string of the molecule is O=[N+]([O-])c1ccc(S(=O)(=O)C2CCN(c3nc(-c4cc(Cl)cc(Cl)c4)cs3)CC2)cc1. The van der Waals surface area contributed by atoms with Gasteiger partial charge in [-0.3, -0.25) is 10.1 Å². The van der Waals surface area contributed by atoms with E-state index in [0.717, 1.165) is 16.4 Å². The highest BCUT2D eigenvalue weighted by molar-refractivity contribution is 7.92. The van der Waals surface area contributed by atoms with E-state index in [0.29, 0.717) is 36.0 Å². The summed E-state index contributed by atoms with van der Waals surface area (Å²) in [4.78, 5) is 17.1. The first-order valence-electron chi connectivity index (χ1n) is 9.39. The molecule has 162 valence electrons. The molecule has 2 heterocycles. The van der Waals surface area contributed by atoms with Crippen LogP contribution in [0.25, 0.3) is 11.3 Å². The van der Waals surface area contributed by atoms with Crippen LogP contribution in [0.3, 0.4) is 0 Å². The van der Waals surface area contributed by atoms with E-state index in [4.69, 9.17) is 23.2 Å². The fourth-order valence-electron chi connectivity index (χ4n) is 3.55. The summed E-state index contributed by atoms with van der Waals surface area (Å²) in [5, 5.41) is 14.1. The number of thiazole rings is 1. The maximum atomic E-state index is 12.9. The van der Waals surface area contributed by atoms with Crippen molar-refractivity contribution in [3.05, 3.63) is 68.0 Å². The van der Waals surface area contributed by atoms with E-state index in [1.54, 1.807) is 18.2 Å². The summed E-state index contributed by atoms with van der Waals surface area (Å²) in [6.45, 7) is 1.11. The number of hydrogen-bond donors (Lipinski definition) is 0. The fraction of sp³-hybridized carbons (Fsp3) is 0.250. The van der Waals surface area contributed by atoms with E-state index in [1.165, 1.54) is 35.6 Å². The van der Waals surface area contributed by atoms with Crippen LogP contribution >= 0.6 is 34.5 Å². The van der Waals surface area contributed by atoms with Gasteiger partial charge in [-0.05, 0) is 43.2 Å². The van der Waals surface area contributed by atoms with Gasteiger partial charge >= 0.3 is 0 Å². The molecule has 0 N–H and O–H groups in total. The molecule has 1 aliphatic heterocycles. The van der Waals surface area contributed by atoms with Crippen LogP contribution in [0.1, 0.15) is 12.8 Å². The Balaban J connectivity index is 1.45. The number of hydrogen-bond acceptors (Lipinski definition) is 7. The summed E-state index contributed by atoms with van der Waals surface area (Å²) in [5.41, 5.74) is 1.47. The molecule has 0 aliphatic carbocycles. The minimum Gasteiger partial charge on any atom is -0.348 e. The molecule has 1 aliphatic rings. The number of nitrogens with zero attached hydrogens (tertiary/aromatic N) is 3. The molecule has 0 spiro atoms. The number of sulfone groups is 1. The number of anilines is 1. The lowest BCUT2D eigenvalue weighted by molar-refractivity contribution is -0.384. The number of halogens is 2. The third kappa shape index (κ3) is 4.69. The van der Waals surface area contributed by atoms with E-state index < -0.39 is 20.0 Å². The van der Waals surface area contributed by atoms with Crippen LogP contribution in [0.4, 0.5) is 10.8 Å². The Kier molecular flexibility index (Phi) is 6.20. The van der Waals surface area contributed by atoms with Crippen molar-refractivity contribution in [2.45, 2.75) is 23.0 Å². The Morgan fingerprint density at radius 3 is 2.26 bits per heavy atom. The second-order valence-corrected chi connectivity index (χ2v) is 11.1. The van der Waals surface area contributed by atoms with Crippen molar-refractivity contribution >= 4 is 55.2 Å². The number of nitro groups is 1. The first-order valence-corrected chi connectivity index (χ1v) is 12.6. The minimum absolute atomic E-state index is 0.117. The number of non-ortho nitro benzene ring substituents is 1. The van der Waals surface area contributed by atoms with E-state index in [9.17, 15) is 18.5 Å². The highest BCUT2D eigenvalue weighted by atomic mass is 35.5. The average molecular weight is 498 g/mol. The van der Waals surface area contributed by atoms with Crippen molar-refractivity contribution in [3.8, 4) is 11.3 Å². The van der Waals surface area contributed by atoms with Gasteiger partial charge in [0.1, 0.15) is 0 Å².